The molecule has 3 fully saturated rings. The molecule has 292 valence electrons. The van der Waals surface area contributed by atoms with Gasteiger partial charge >= 0.3 is 0 Å². The predicted octanol–water partition coefficient (Wildman–Crippen LogP) is 1.63. The molecule has 0 aliphatic carbocycles. The third-order valence-electron chi connectivity index (χ3n) is 10.7. The van der Waals surface area contributed by atoms with Crippen molar-refractivity contribution in [3.05, 3.63) is 52.0 Å². The Labute approximate surface area is 326 Å². The predicted molar refractivity (Wildman–Crippen MR) is 207 cm³/mol. The number of fused-ring (bicyclic) bond motifs is 5. The molecule has 17 heteroatoms. The number of benzene rings is 1. The van der Waals surface area contributed by atoms with Crippen LogP contribution in [0.15, 0.2) is 35.7 Å². The number of rotatable bonds is 8. The van der Waals surface area contributed by atoms with Crippen LogP contribution in [0, 0.1) is 0 Å². The zero-order valence-electron chi connectivity index (χ0n) is 30.7. The van der Waals surface area contributed by atoms with Gasteiger partial charge < -0.3 is 30.7 Å². The molecule has 6 rings (SSSR count). The normalized spacial score (nSPS) is 27.8. The van der Waals surface area contributed by atoms with Gasteiger partial charge in [0.15, 0.2) is 0 Å². The van der Waals surface area contributed by atoms with E-state index in [1.54, 1.807) is 22.0 Å². The fourth-order valence-corrected chi connectivity index (χ4v) is 9.78. The molecule has 4 aliphatic rings. The summed E-state index contributed by atoms with van der Waals surface area (Å²) >= 11 is 2.75. The fourth-order valence-electron chi connectivity index (χ4n) is 7.89. The maximum absolute atomic E-state index is 14.2. The van der Waals surface area contributed by atoms with E-state index in [4.69, 9.17) is 0 Å². The molecule has 0 saturated carbocycles. The number of thiazole rings is 1. The lowest BCUT2D eigenvalue weighted by Gasteiger charge is -2.34. The summed E-state index contributed by atoms with van der Waals surface area (Å²) in [6.07, 6.45) is 7.30. The van der Waals surface area contributed by atoms with Crippen molar-refractivity contribution in [2.75, 3.05) is 43.7 Å². The summed E-state index contributed by atoms with van der Waals surface area (Å²) < 4.78 is 12.2. The molecule has 54 heavy (non-hydrogen) atoms. The van der Waals surface area contributed by atoms with Crippen molar-refractivity contribution < 1.29 is 33.0 Å². The smallest absolute Gasteiger partial charge is 0.271 e. The Morgan fingerprint density at radius 2 is 1.31 bits per heavy atom. The highest BCUT2D eigenvalue weighted by Gasteiger charge is 2.45. The first-order chi connectivity index (χ1) is 26.0. The Morgan fingerprint density at radius 3 is 1.93 bits per heavy atom. The summed E-state index contributed by atoms with van der Waals surface area (Å²) in [6, 6.07) is 4.57. The standard InChI is InChI=1S/C37H49N7O7S3/c1-52-19-14-24-35(48)42-16-6-11-28(42)33(47)40-26(21-23-9-4-3-5-10-23)34-41-27(22-53-34)31(45)38-25(15-20-54(2)51)36(49)44-18-8-13-30(44)37(50)43-17-7-12-29(43)32(46)39-24/h3-5,9-10,22,24-26,28-30H,6-8,11-21H2,1-2H3,(H,38,45)(H,39,46)(H,40,47)/t24-,25-,26-,28-,29-,30-,54?/m0/s1. The molecule has 5 heterocycles. The Balaban J connectivity index is 1.37. The Morgan fingerprint density at radius 1 is 0.759 bits per heavy atom. The van der Waals surface area contributed by atoms with Crippen LogP contribution in [-0.4, -0.2) is 133 Å². The van der Waals surface area contributed by atoms with Gasteiger partial charge in [0.05, 0.1) is 6.04 Å². The second-order valence-corrected chi connectivity index (χ2v) is 17.8. The van der Waals surface area contributed by atoms with Crippen molar-refractivity contribution in [2.24, 2.45) is 0 Å². The van der Waals surface area contributed by atoms with E-state index in [2.05, 4.69) is 20.9 Å². The van der Waals surface area contributed by atoms with Crippen molar-refractivity contribution >= 4 is 69.3 Å². The highest BCUT2D eigenvalue weighted by molar-refractivity contribution is 7.98. The van der Waals surface area contributed by atoms with Crippen molar-refractivity contribution in [1.82, 2.24) is 35.6 Å². The summed E-state index contributed by atoms with van der Waals surface area (Å²) in [6.45, 7) is 0.990. The number of nitrogens with zero attached hydrogens (tertiary/aromatic N) is 4. The zero-order chi connectivity index (χ0) is 38.4. The van der Waals surface area contributed by atoms with Crippen LogP contribution in [0.3, 0.4) is 0 Å². The summed E-state index contributed by atoms with van der Waals surface area (Å²) in [7, 11) is -1.25. The Bertz CT molecular complexity index is 1740. The Kier molecular flexibility index (Phi) is 13.4. The number of thioether (sulfide) groups is 1. The summed E-state index contributed by atoms with van der Waals surface area (Å²) in [5.74, 6) is -1.77. The van der Waals surface area contributed by atoms with Crippen LogP contribution in [0.1, 0.15) is 78.5 Å². The third-order valence-corrected chi connectivity index (χ3v) is 13.1. The van der Waals surface area contributed by atoms with Gasteiger partial charge in [-0.15, -0.1) is 11.3 Å². The molecule has 1 unspecified atom stereocenters. The number of hydrogen-bond acceptors (Lipinski definition) is 10. The monoisotopic (exact) mass is 799 g/mol. The highest BCUT2D eigenvalue weighted by Crippen LogP contribution is 2.28. The van der Waals surface area contributed by atoms with Crippen molar-refractivity contribution in [2.45, 2.75) is 94.0 Å². The first kappa shape index (κ1) is 39.9. The third kappa shape index (κ3) is 9.16. The summed E-state index contributed by atoms with van der Waals surface area (Å²) in [5.41, 5.74) is 0.999. The van der Waals surface area contributed by atoms with E-state index in [0.29, 0.717) is 81.8 Å². The van der Waals surface area contributed by atoms with E-state index in [1.165, 1.54) is 27.4 Å². The summed E-state index contributed by atoms with van der Waals surface area (Å²) in [4.78, 5) is 93.7. The maximum Gasteiger partial charge on any atom is 0.271 e. The molecular formula is C37H49N7O7S3. The van der Waals surface area contributed by atoms with Crippen LogP contribution >= 0.6 is 23.1 Å². The van der Waals surface area contributed by atoms with Gasteiger partial charge in [-0.3, -0.25) is 33.0 Å². The number of nitrogens with one attached hydrogen (secondary N) is 3. The minimum atomic E-state index is -1.25. The average Bonchev–Trinajstić information content (AvgIpc) is 4.00. The van der Waals surface area contributed by atoms with Gasteiger partial charge in [0.1, 0.15) is 40.9 Å². The first-order valence-electron chi connectivity index (χ1n) is 18.7. The van der Waals surface area contributed by atoms with E-state index >= 15 is 0 Å². The van der Waals surface area contributed by atoms with E-state index in [-0.39, 0.29) is 35.6 Å². The van der Waals surface area contributed by atoms with Gasteiger partial charge in [-0.1, -0.05) is 30.3 Å². The maximum atomic E-state index is 14.2. The lowest BCUT2D eigenvalue weighted by molar-refractivity contribution is -0.148. The van der Waals surface area contributed by atoms with Gasteiger partial charge in [-0.05, 0) is 75.4 Å². The van der Waals surface area contributed by atoms with Crippen LogP contribution < -0.4 is 16.0 Å². The van der Waals surface area contributed by atoms with E-state index in [9.17, 15) is 33.0 Å². The van der Waals surface area contributed by atoms with Gasteiger partial charge in [-0.25, -0.2) is 4.98 Å². The number of hydrogen-bond donors (Lipinski definition) is 3. The molecule has 3 N–H and O–H groups in total. The molecule has 0 spiro atoms. The highest BCUT2D eigenvalue weighted by atomic mass is 32.2. The minimum absolute atomic E-state index is 0.0662. The van der Waals surface area contributed by atoms with Crippen molar-refractivity contribution in [3.8, 4) is 0 Å². The van der Waals surface area contributed by atoms with Gasteiger partial charge in [-0.2, -0.15) is 11.8 Å². The second-order valence-electron chi connectivity index (χ2n) is 14.3. The molecule has 1 aromatic heterocycles. The molecule has 0 radical (unpaired) electrons. The number of amides is 6. The van der Waals surface area contributed by atoms with Crippen LogP contribution in [0.4, 0.5) is 0 Å². The van der Waals surface area contributed by atoms with Crippen LogP contribution in [0.5, 0.6) is 0 Å². The van der Waals surface area contributed by atoms with E-state index in [0.717, 1.165) is 5.56 Å². The molecule has 2 bridgehead atoms. The topological polar surface area (TPSA) is 178 Å². The zero-order valence-corrected chi connectivity index (χ0v) is 33.1. The number of aromatic nitrogens is 1. The van der Waals surface area contributed by atoms with E-state index in [1.807, 2.05) is 36.6 Å². The number of carbonyl (C=O) groups is 6. The molecule has 6 amide bonds. The second kappa shape index (κ2) is 18.2. The SMILES string of the molecule is CSCC[C@@H]1NC(=O)[C@@H]2CCCN2C(=O)[C@@H]2CCCN2C(=O)[C@H](CCS(C)=O)NC(=O)c2csc(n2)[C@H](Cc2ccccc2)NC(=O)[C@@H]2CCCN2C1=O. The van der Waals surface area contributed by atoms with Crippen molar-refractivity contribution in [1.29, 1.82) is 0 Å². The van der Waals surface area contributed by atoms with Crippen LogP contribution in [0.2, 0.25) is 0 Å². The lowest BCUT2D eigenvalue weighted by atomic mass is 10.1. The molecule has 1 aromatic carbocycles. The summed E-state index contributed by atoms with van der Waals surface area (Å²) in [5, 5.41) is 11.0. The quantitative estimate of drug-likeness (QED) is 0.358. The number of carbonyl (C=O) groups excluding carboxylic acids is 6. The average molecular weight is 800 g/mol. The minimum Gasteiger partial charge on any atom is -0.345 e. The fraction of sp³-hybridized carbons (Fsp3) is 0.595. The van der Waals surface area contributed by atoms with Gasteiger partial charge in [0.25, 0.3) is 5.91 Å². The molecule has 3 saturated heterocycles. The Hall–Kier alpha value is -3.83. The van der Waals surface area contributed by atoms with Crippen molar-refractivity contribution in [3.63, 3.8) is 0 Å². The largest absolute Gasteiger partial charge is 0.345 e. The molecule has 14 nitrogen and oxygen atoms in total. The molecule has 7 atom stereocenters. The van der Waals surface area contributed by atoms with Crippen LogP contribution in [0.25, 0.3) is 0 Å². The lowest BCUT2D eigenvalue weighted by Crippen LogP contribution is -2.58. The van der Waals surface area contributed by atoms with E-state index < -0.39 is 64.8 Å². The van der Waals surface area contributed by atoms with Gasteiger partial charge in [0.2, 0.25) is 29.5 Å². The molecule has 4 aliphatic heterocycles. The molecular weight excluding hydrogens is 751 g/mol. The van der Waals surface area contributed by atoms with Crippen LogP contribution in [-0.2, 0) is 41.2 Å². The first-order valence-corrected chi connectivity index (χ1v) is 22.7. The molecule has 2 aromatic rings. The van der Waals surface area contributed by atoms with Gasteiger partial charge in [0, 0.05) is 47.8 Å².